The molecule has 168 valence electrons. The van der Waals surface area contributed by atoms with Gasteiger partial charge in [0.15, 0.2) is 0 Å². The van der Waals surface area contributed by atoms with Crippen molar-refractivity contribution in [3.63, 3.8) is 0 Å². The van der Waals surface area contributed by atoms with Gasteiger partial charge >= 0.3 is 12.1 Å². The molecule has 1 heterocycles. The van der Waals surface area contributed by atoms with E-state index >= 15 is 0 Å². The highest BCUT2D eigenvalue weighted by Gasteiger charge is 2.43. The lowest BCUT2D eigenvalue weighted by atomic mass is 9.86. The van der Waals surface area contributed by atoms with E-state index in [-0.39, 0.29) is 34.2 Å². The van der Waals surface area contributed by atoms with E-state index in [1.54, 1.807) is 30.3 Å². The summed E-state index contributed by atoms with van der Waals surface area (Å²) < 4.78 is 53.7. The van der Waals surface area contributed by atoms with Gasteiger partial charge in [-0.1, -0.05) is 38.5 Å². The van der Waals surface area contributed by atoms with E-state index in [4.69, 9.17) is 9.47 Å². The maximum atomic E-state index is 14.2. The van der Waals surface area contributed by atoms with Gasteiger partial charge in [0.05, 0.1) is 12.2 Å². The summed E-state index contributed by atoms with van der Waals surface area (Å²) >= 11 is 0. The molecule has 1 aliphatic rings. The van der Waals surface area contributed by atoms with Crippen molar-refractivity contribution in [1.82, 2.24) is 4.90 Å². The van der Waals surface area contributed by atoms with Crippen molar-refractivity contribution in [3.8, 4) is 11.5 Å². The van der Waals surface area contributed by atoms with E-state index in [0.717, 1.165) is 19.4 Å². The van der Waals surface area contributed by atoms with Gasteiger partial charge < -0.3 is 9.47 Å². The molecule has 1 unspecified atom stereocenters. The molecule has 7 heteroatoms. The van der Waals surface area contributed by atoms with Crippen molar-refractivity contribution in [2.75, 3.05) is 19.7 Å². The number of alkyl halides is 3. The first-order valence-corrected chi connectivity index (χ1v) is 10.7. The lowest BCUT2D eigenvalue weighted by Gasteiger charge is -2.42. The maximum absolute atomic E-state index is 14.2. The van der Waals surface area contributed by atoms with E-state index < -0.39 is 17.7 Å². The number of likely N-dealkylation sites (tertiary alicyclic amines) is 1. The second-order valence-corrected chi connectivity index (χ2v) is 7.67. The molecule has 1 fully saturated rings. The number of hydrogen-bond acceptors (Lipinski definition) is 4. The molecule has 1 saturated heterocycles. The van der Waals surface area contributed by atoms with Crippen LogP contribution in [0.15, 0.2) is 36.4 Å². The third-order valence-electron chi connectivity index (χ3n) is 5.66. The Bertz CT molecular complexity index is 911. The van der Waals surface area contributed by atoms with Crippen molar-refractivity contribution in [2.24, 2.45) is 0 Å². The molecule has 0 saturated carbocycles. The highest BCUT2D eigenvalue weighted by Crippen LogP contribution is 2.46. The van der Waals surface area contributed by atoms with Crippen molar-refractivity contribution in [2.45, 2.75) is 52.3 Å². The predicted molar refractivity (Wildman–Crippen MR) is 113 cm³/mol. The van der Waals surface area contributed by atoms with Gasteiger partial charge in [-0.05, 0) is 55.6 Å². The number of esters is 1. The smallest absolute Gasteiger partial charge is 0.417 e. The topological polar surface area (TPSA) is 38.8 Å². The minimum atomic E-state index is -4.60. The van der Waals surface area contributed by atoms with Crippen LogP contribution in [0.25, 0.3) is 0 Å². The number of unbranched alkanes of at least 4 members (excludes halogenated alkanes) is 1. The van der Waals surface area contributed by atoms with Crippen LogP contribution in [0.4, 0.5) is 13.2 Å². The summed E-state index contributed by atoms with van der Waals surface area (Å²) in [5.74, 6) is -0.439. The van der Waals surface area contributed by atoms with Crippen LogP contribution in [0.1, 0.15) is 66.2 Å². The molecule has 1 aliphatic heterocycles. The number of rotatable bonds is 8. The van der Waals surface area contributed by atoms with E-state index in [9.17, 15) is 18.0 Å². The Morgan fingerprint density at radius 3 is 2.45 bits per heavy atom. The van der Waals surface area contributed by atoms with Crippen molar-refractivity contribution in [1.29, 1.82) is 0 Å². The number of carbonyl (C=O) groups is 1. The number of halogens is 3. The van der Waals surface area contributed by atoms with Crippen LogP contribution in [-0.2, 0) is 6.18 Å². The molecule has 0 amide bonds. The summed E-state index contributed by atoms with van der Waals surface area (Å²) in [6.07, 6.45) is -2.37. The third kappa shape index (κ3) is 5.03. The summed E-state index contributed by atoms with van der Waals surface area (Å²) in [6, 6.07) is 9.36. The zero-order chi connectivity index (χ0) is 22.6. The number of benzene rings is 2. The summed E-state index contributed by atoms with van der Waals surface area (Å²) in [5, 5.41) is 0. The van der Waals surface area contributed by atoms with E-state index in [2.05, 4.69) is 0 Å². The third-order valence-corrected chi connectivity index (χ3v) is 5.66. The second kappa shape index (κ2) is 9.73. The Labute approximate surface area is 181 Å². The average molecular weight is 435 g/mol. The largest absolute Gasteiger partial charge is 0.493 e. The Morgan fingerprint density at radius 2 is 1.90 bits per heavy atom. The fourth-order valence-corrected chi connectivity index (χ4v) is 3.96. The van der Waals surface area contributed by atoms with Gasteiger partial charge in [0.2, 0.25) is 0 Å². The summed E-state index contributed by atoms with van der Waals surface area (Å²) in [4.78, 5) is 15.0. The molecule has 0 spiro atoms. The molecular weight excluding hydrogens is 407 g/mol. The van der Waals surface area contributed by atoms with Crippen LogP contribution < -0.4 is 9.47 Å². The first-order chi connectivity index (χ1) is 14.8. The second-order valence-electron chi connectivity index (χ2n) is 7.67. The van der Waals surface area contributed by atoms with Gasteiger partial charge in [0, 0.05) is 12.6 Å². The Kier molecular flexibility index (Phi) is 7.26. The van der Waals surface area contributed by atoms with Gasteiger partial charge in [-0.25, -0.2) is 4.79 Å². The Morgan fingerprint density at radius 1 is 1.19 bits per heavy atom. The molecule has 0 radical (unpaired) electrons. The number of nitrogens with zero attached hydrogens (tertiary/aromatic N) is 1. The normalized spacial score (nSPS) is 16.6. The van der Waals surface area contributed by atoms with Gasteiger partial charge in [0.1, 0.15) is 17.1 Å². The molecule has 3 rings (SSSR count). The monoisotopic (exact) mass is 435 g/mol. The lowest BCUT2D eigenvalue weighted by Crippen LogP contribution is -2.41. The zero-order valence-electron chi connectivity index (χ0n) is 18.1. The number of para-hydroxylation sites is 1. The molecule has 4 nitrogen and oxygen atoms in total. The average Bonchev–Trinajstić information content (AvgIpc) is 2.67. The summed E-state index contributed by atoms with van der Waals surface area (Å²) in [7, 11) is 0. The quantitative estimate of drug-likeness (QED) is 0.282. The molecule has 0 aromatic heterocycles. The number of carbonyl (C=O) groups excluding carboxylic acids is 1. The predicted octanol–water partition coefficient (Wildman–Crippen LogP) is 6.18. The van der Waals surface area contributed by atoms with E-state index in [0.29, 0.717) is 19.6 Å². The summed E-state index contributed by atoms with van der Waals surface area (Å²) in [5.41, 5.74) is -0.918. The van der Waals surface area contributed by atoms with Crippen molar-refractivity contribution in [3.05, 3.63) is 58.7 Å². The zero-order valence-corrected chi connectivity index (χ0v) is 18.1. The van der Waals surface area contributed by atoms with Gasteiger partial charge in [0.25, 0.3) is 0 Å². The minimum Gasteiger partial charge on any atom is -0.493 e. The van der Waals surface area contributed by atoms with Crippen LogP contribution in [0.2, 0.25) is 0 Å². The number of hydrogen-bond donors (Lipinski definition) is 0. The first kappa shape index (κ1) is 23.1. The van der Waals surface area contributed by atoms with E-state index in [1.165, 1.54) is 13.0 Å². The SMILES string of the molecule is CCCCOc1cc(C2CCN2CC)c(C(F)(F)F)c(C)c1C(=O)Oc1ccccc1. The molecular formula is C24H28F3NO3. The molecule has 1 atom stereocenters. The van der Waals surface area contributed by atoms with Crippen LogP contribution in [0.5, 0.6) is 11.5 Å². The standard InChI is InChI=1S/C24H28F3NO3/c1-4-6-14-30-20-15-18(19-12-13-28(19)5-2)22(24(25,26)27)16(3)21(20)23(29)31-17-10-8-7-9-11-17/h7-11,15,19H,4-6,12-14H2,1-3H3. The Balaban J connectivity index is 2.11. The highest BCUT2D eigenvalue weighted by molar-refractivity contribution is 5.96. The number of ether oxygens (including phenoxy) is 2. The van der Waals surface area contributed by atoms with Crippen molar-refractivity contribution < 1.29 is 27.4 Å². The van der Waals surface area contributed by atoms with Gasteiger partial charge in [-0.3, -0.25) is 4.90 Å². The van der Waals surface area contributed by atoms with Gasteiger partial charge in [-0.15, -0.1) is 0 Å². The fraction of sp³-hybridized carbons (Fsp3) is 0.458. The summed E-state index contributed by atoms with van der Waals surface area (Å²) in [6.45, 7) is 6.97. The van der Waals surface area contributed by atoms with Crippen LogP contribution in [-0.4, -0.2) is 30.6 Å². The molecule has 31 heavy (non-hydrogen) atoms. The molecule has 0 N–H and O–H groups in total. The highest BCUT2D eigenvalue weighted by atomic mass is 19.4. The van der Waals surface area contributed by atoms with E-state index in [1.807, 2.05) is 18.7 Å². The maximum Gasteiger partial charge on any atom is 0.417 e. The molecule has 2 aromatic carbocycles. The van der Waals surface area contributed by atoms with Gasteiger partial charge in [-0.2, -0.15) is 13.2 Å². The van der Waals surface area contributed by atoms with Crippen molar-refractivity contribution >= 4 is 5.97 Å². The first-order valence-electron chi connectivity index (χ1n) is 10.7. The van der Waals surface area contributed by atoms with Crippen LogP contribution >= 0.6 is 0 Å². The molecule has 0 bridgehead atoms. The molecule has 0 aliphatic carbocycles. The Hall–Kier alpha value is -2.54. The fourth-order valence-electron chi connectivity index (χ4n) is 3.96. The minimum absolute atomic E-state index is 0.151. The molecule has 2 aromatic rings. The van der Waals surface area contributed by atoms with Crippen LogP contribution in [0.3, 0.4) is 0 Å². The lowest BCUT2D eigenvalue weighted by molar-refractivity contribution is -0.139. The van der Waals surface area contributed by atoms with Crippen LogP contribution in [0, 0.1) is 6.92 Å².